The van der Waals surface area contributed by atoms with Gasteiger partial charge < -0.3 is 19.9 Å². The second-order valence-corrected chi connectivity index (χ2v) is 9.63. The molecule has 0 radical (unpaired) electrons. The molecule has 3 amide bonds. The molecule has 0 aliphatic carbocycles. The normalized spacial score (nSPS) is 24.1. The summed E-state index contributed by atoms with van der Waals surface area (Å²) in [6.45, 7) is 5.43. The number of piperazine rings is 1. The van der Waals surface area contributed by atoms with Crippen LogP contribution in [0.4, 0.5) is 0 Å². The fourth-order valence-electron chi connectivity index (χ4n) is 5.03. The molecule has 11 nitrogen and oxygen atoms in total. The number of nitrogens with one attached hydrogen (secondary N) is 3. The summed E-state index contributed by atoms with van der Waals surface area (Å²) in [4.78, 5) is 69.3. The van der Waals surface area contributed by atoms with Crippen molar-refractivity contribution < 1.29 is 19.1 Å². The first-order chi connectivity index (χ1) is 15.6. The van der Waals surface area contributed by atoms with E-state index >= 15 is 0 Å². The van der Waals surface area contributed by atoms with Crippen LogP contribution in [0.1, 0.15) is 57.9 Å². The van der Waals surface area contributed by atoms with Crippen molar-refractivity contribution in [3.05, 3.63) is 26.4 Å². The predicted octanol–water partition coefficient (Wildman–Crippen LogP) is -0.343. The lowest BCUT2D eigenvalue weighted by atomic mass is 9.90. The Kier molecular flexibility index (Phi) is 6.06. The third kappa shape index (κ3) is 4.53. The zero-order valence-electron chi connectivity index (χ0n) is 19.1. The van der Waals surface area contributed by atoms with Gasteiger partial charge in [-0.25, -0.2) is 4.79 Å². The highest BCUT2D eigenvalue weighted by Crippen LogP contribution is 2.37. The van der Waals surface area contributed by atoms with Crippen molar-refractivity contribution in [1.82, 2.24) is 25.1 Å². The largest absolute Gasteiger partial charge is 0.471 e. The van der Waals surface area contributed by atoms with Gasteiger partial charge in [-0.05, 0) is 33.1 Å². The van der Waals surface area contributed by atoms with E-state index in [0.29, 0.717) is 57.4 Å². The Balaban J connectivity index is 1.29. The Morgan fingerprint density at radius 3 is 2.55 bits per heavy atom. The van der Waals surface area contributed by atoms with Crippen LogP contribution in [0, 0.1) is 0 Å². The van der Waals surface area contributed by atoms with Gasteiger partial charge in [0.1, 0.15) is 11.1 Å². The molecular formula is C22H31N5O6. The first-order valence-corrected chi connectivity index (χ1v) is 11.5. The maximum atomic E-state index is 12.8. The molecule has 0 unspecified atom stereocenters. The molecule has 11 heteroatoms. The number of ether oxygens (including phenoxy) is 1. The summed E-state index contributed by atoms with van der Waals surface area (Å²) in [6.07, 6.45) is 3.26. The second kappa shape index (κ2) is 8.68. The van der Waals surface area contributed by atoms with Gasteiger partial charge in [0.2, 0.25) is 23.6 Å². The molecule has 0 aromatic carbocycles. The minimum Gasteiger partial charge on any atom is -0.471 e. The first kappa shape index (κ1) is 23.1. The molecule has 0 bridgehead atoms. The van der Waals surface area contributed by atoms with E-state index in [2.05, 4.69) is 15.3 Å². The number of likely N-dealkylation sites (tertiary alicyclic amines) is 1. The Morgan fingerprint density at radius 2 is 1.76 bits per heavy atom. The SMILES string of the molecule is CC1(C)C(=O)NCCN1C(=O)CCCC(=O)N1CCC[C@@]2(CC1)Cc1c([nH]c(=O)[nH]c1=O)O2. The van der Waals surface area contributed by atoms with Gasteiger partial charge in [0.15, 0.2) is 0 Å². The molecule has 0 saturated carbocycles. The van der Waals surface area contributed by atoms with Gasteiger partial charge in [-0.3, -0.25) is 29.1 Å². The van der Waals surface area contributed by atoms with Gasteiger partial charge in [0.25, 0.3) is 5.56 Å². The van der Waals surface area contributed by atoms with Crippen LogP contribution < -0.4 is 21.3 Å². The summed E-state index contributed by atoms with van der Waals surface area (Å²) in [5.74, 6) is -0.0681. The third-order valence-corrected chi connectivity index (χ3v) is 7.00. The lowest BCUT2D eigenvalue weighted by Gasteiger charge is -2.41. The summed E-state index contributed by atoms with van der Waals surface area (Å²) in [6, 6.07) is 0. The molecule has 2 fully saturated rings. The highest BCUT2D eigenvalue weighted by Gasteiger charge is 2.43. The van der Waals surface area contributed by atoms with Crippen molar-refractivity contribution in [1.29, 1.82) is 0 Å². The summed E-state index contributed by atoms with van der Waals surface area (Å²) < 4.78 is 6.02. The number of nitrogens with zero attached hydrogens (tertiary/aromatic N) is 2. The number of H-pyrrole nitrogens is 2. The summed E-state index contributed by atoms with van der Waals surface area (Å²) in [5.41, 5.74) is -2.05. The Labute approximate surface area is 190 Å². The lowest BCUT2D eigenvalue weighted by molar-refractivity contribution is -0.149. The first-order valence-electron chi connectivity index (χ1n) is 11.5. The van der Waals surface area contributed by atoms with E-state index in [9.17, 15) is 24.0 Å². The second-order valence-electron chi connectivity index (χ2n) is 9.63. The molecule has 1 aromatic heterocycles. The van der Waals surface area contributed by atoms with Gasteiger partial charge in [-0.1, -0.05) is 0 Å². The number of rotatable bonds is 4. The molecule has 2 saturated heterocycles. The van der Waals surface area contributed by atoms with E-state index in [0.717, 1.165) is 6.42 Å². The van der Waals surface area contributed by atoms with Gasteiger partial charge in [0, 0.05) is 51.9 Å². The molecule has 1 aromatic rings. The van der Waals surface area contributed by atoms with Crippen molar-refractivity contribution >= 4 is 17.7 Å². The van der Waals surface area contributed by atoms with Crippen molar-refractivity contribution in [2.45, 2.75) is 69.9 Å². The number of hydrogen-bond acceptors (Lipinski definition) is 6. The summed E-state index contributed by atoms with van der Waals surface area (Å²) in [7, 11) is 0. The van der Waals surface area contributed by atoms with E-state index in [4.69, 9.17) is 4.74 Å². The van der Waals surface area contributed by atoms with Crippen LogP contribution in [0.15, 0.2) is 9.59 Å². The van der Waals surface area contributed by atoms with Crippen molar-refractivity contribution in [3.63, 3.8) is 0 Å². The molecule has 4 rings (SSSR count). The molecule has 3 aliphatic heterocycles. The quantitative estimate of drug-likeness (QED) is 0.559. The maximum Gasteiger partial charge on any atom is 0.328 e. The fourth-order valence-corrected chi connectivity index (χ4v) is 5.03. The Morgan fingerprint density at radius 1 is 1.00 bits per heavy atom. The van der Waals surface area contributed by atoms with Crippen LogP contribution in [0.5, 0.6) is 5.88 Å². The van der Waals surface area contributed by atoms with Crippen molar-refractivity contribution in [3.8, 4) is 5.88 Å². The van der Waals surface area contributed by atoms with E-state index in [1.54, 1.807) is 23.6 Å². The number of amides is 3. The molecule has 180 valence electrons. The molecule has 1 atom stereocenters. The molecule has 3 aliphatic rings. The standard InChI is InChI=1S/C22H31N5O6/c1-21(2)19(31)23-9-12-27(21)16(29)6-3-5-15(28)26-10-4-7-22(8-11-26)13-14-17(30)24-20(32)25-18(14)33-22/h3-13H2,1-2H3,(H,23,31)(H2,24,25,30,32)/t22-/m1/s1. The number of fused-ring (bicyclic) bond motifs is 1. The summed E-state index contributed by atoms with van der Waals surface area (Å²) in [5, 5.41) is 2.77. The average molecular weight is 462 g/mol. The van der Waals surface area contributed by atoms with E-state index in [1.165, 1.54) is 0 Å². The number of aromatic nitrogens is 2. The summed E-state index contributed by atoms with van der Waals surface area (Å²) >= 11 is 0. The highest BCUT2D eigenvalue weighted by molar-refractivity contribution is 5.92. The minimum atomic E-state index is -0.886. The Bertz CT molecular complexity index is 1080. The third-order valence-electron chi connectivity index (χ3n) is 7.00. The number of carbonyl (C=O) groups is 3. The van der Waals surface area contributed by atoms with E-state index in [-0.39, 0.29) is 36.4 Å². The van der Waals surface area contributed by atoms with Gasteiger partial charge in [-0.15, -0.1) is 0 Å². The Hall–Kier alpha value is -3.11. The molecular weight excluding hydrogens is 430 g/mol. The zero-order chi connectivity index (χ0) is 23.8. The van der Waals surface area contributed by atoms with Crippen LogP contribution in [0.2, 0.25) is 0 Å². The number of hydrogen-bond donors (Lipinski definition) is 3. The van der Waals surface area contributed by atoms with Crippen molar-refractivity contribution in [2.24, 2.45) is 0 Å². The zero-order valence-corrected chi connectivity index (χ0v) is 19.1. The fraction of sp³-hybridized carbons (Fsp3) is 0.682. The lowest BCUT2D eigenvalue weighted by Crippen LogP contribution is -2.63. The molecule has 4 heterocycles. The van der Waals surface area contributed by atoms with Crippen LogP contribution in [-0.2, 0) is 20.8 Å². The van der Waals surface area contributed by atoms with Gasteiger partial charge >= 0.3 is 5.69 Å². The highest BCUT2D eigenvalue weighted by atomic mass is 16.5. The monoisotopic (exact) mass is 461 g/mol. The van der Waals surface area contributed by atoms with Gasteiger partial charge in [0.05, 0.1) is 5.56 Å². The molecule has 3 N–H and O–H groups in total. The van der Waals surface area contributed by atoms with Crippen LogP contribution in [0.25, 0.3) is 0 Å². The smallest absolute Gasteiger partial charge is 0.328 e. The maximum absolute atomic E-state index is 12.8. The molecule has 33 heavy (non-hydrogen) atoms. The number of aromatic amines is 2. The van der Waals surface area contributed by atoms with Crippen LogP contribution in [-0.4, -0.2) is 74.8 Å². The number of carbonyl (C=O) groups excluding carboxylic acids is 3. The average Bonchev–Trinajstić information content (AvgIpc) is 2.97. The minimum absolute atomic E-state index is 0.0164. The van der Waals surface area contributed by atoms with Crippen LogP contribution >= 0.6 is 0 Å². The van der Waals surface area contributed by atoms with Crippen molar-refractivity contribution in [2.75, 3.05) is 26.2 Å². The van der Waals surface area contributed by atoms with E-state index < -0.39 is 22.4 Å². The topological polar surface area (TPSA) is 145 Å². The molecule has 1 spiro atoms. The van der Waals surface area contributed by atoms with Crippen LogP contribution in [0.3, 0.4) is 0 Å². The van der Waals surface area contributed by atoms with Gasteiger partial charge in [-0.2, -0.15) is 0 Å². The van der Waals surface area contributed by atoms with E-state index in [1.807, 2.05) is 0 Å². The predicted molar refractivity (Wildman–Crippen MR) is 118 cm³/mol.